The lowest BCUT2D eigenvalue weighted by Gasteiger charge is -2.11. The topological polar surface area (TPSA) is 58.6 Å². The maximum Gasteiger partial charge on any atom is 0.416 e. The molecule has 0 heterocycles. The number of amides is 1. The zero-order valence-corrected chi connectivity index (χ0v) is 15.5. The number of unbranched alkanes of at least 4 members (excludes halogenated alkanes) is 1. The second-order valence-corrected chi connectivity index (χ2v) is 6.48. The second kappa shape index (κ2) is 9.19. The fraction of sp³-hybridized carbons (Fsp3) is 0.278. The van der Waals surface area contributed by atoms with E-state index in [1.54, 1.807) is 0 Å². The molecule has 0 radical (unpaired) electrons. The number of hydrogen-bond acceptors (Lipinski definition) is 3. The van der Waals surface area contributed by atoms with Crippen molar-refractivity contribution in [2.24, 2.45) is 0 Å². The summed E-state index contributed by atoms with van der Waals surface area (Å²) in [5.74, 6) is -0.127. The van der Waals surface area contributed by atoms with Gasteiger partial charge in [0.2, 0.25) is 5.91 Å². The van der Waals surface area contributed by atoms with Gasteiger partial charge in [0.1, 0.15) is 5.75 Å². The van der Waals surface area contributed by atoms with Gasteiger partial charge in [-0.1, -0.05) is 23.2 Å². The maximum atomic E-state index is 12.5. The van der Waals surface area contributed by atoms with Crippen LogP contribution in [0.5, 0.6) is 11.5 Å². The van der Waals surface area contributed by atoms with Gasteiger partial charge in [0.15, 0.2) is 5.75 Å². The van der Waals surface area contributed by atoms with E-state index in [0.29, 0.717) is 18.5 Å². The first-order valence-corrected chi connectivity index (χ1v) is 8.70. The SMILES string of the molecule is O=C(CCCCOc1c(Cl)cc(O)cc1Cl)Nc1ccc(C(F)(F)F)cc1. The summed E-state index contributed by atoms with van der Waals surface area (Å²) in [6.07, 6.45) is -3.19. The Hall–Kier alpha value is -2.12. The van der Waals surface area contributed by atoms with E-state index in [0.717, 1.165) is 12.1 Å². The van der Waals surface area contributed by atoms with Crippen LogP contribution < -0.4 is 10.1 Å². The number of phenols is 1. The molecule has 2 aromatic rings. The number of aromatic hydroxyl groups is 1. The highest BCUT2D eigenvalue weighted by Gasteiger charge is 2.29. The standard InChI is InChI=1S/C18H16Cl2F3NO3/c19-14-9-13(25)10-15(20)17(14)27-8-2-1-3-16(26)24-12-6-4-11(5-7-12)18(21,22)23/h4-7,9-10,25H,1-3,8H2,(H,24,26). The van der Waals surface area contributed by atoms with Crippen LogP contribution >= 0.6 is 23.2 Å². The van der Waals surface area contributed by atoms with Crippen LogP contribution in [0.1, 0.15) is 24.8 Å². The van der Waals surface area contributed by atoms with Gasteiger partial charge >= 0.3 is 6.18 Å². The van der Waals surface area contributed by atoms with Gasteiger partial charge in [-0.3, -0.25) is 4.79 Å². The van der Waals surface area contributed by atoms with Crippen molar-refractivity contribution in [3.05, 3.63) is 52.0 Å². The van der Waals surface area contributed by atoms with E-state index in [4.69, 9.17) is 27.9 Å². The number of ether oxygens (including phenoxy) is 1. The Kier molecular flexibility index (Phi) is 7.21. The van der Waals surface area contributed by atoms with Crippen LogP contribution in [0, 0.1) is 0 Å². The van der Waals surface area contributed by atoms with Crippen molar-refractivity contribution in [3.8, 4) is 11.5 Å². The van der Waals surface area contributed by atoms with Gasteiger partial charge < -0.3 is 15.2 Å². The van der Waals surface area contributed by atoms with Crippen LogP contribution in [0.2, 0.25) is 10.0 Å². The zero-order valence-electron chi connectivity index (χ0n) is 13.9. The molecular weight excluding hydrogens is 406 g/mol. The van der Waals surface area contributed by atoms with Gasteiger partial charge in [0.05, 0.1) is 22.2 Å². The second-order valence-electron chi connectivity index (χ2n) is 5.67. The minimum absolute atomic E-state index is 0.0720. The molecule has 0 spiro atoms. The van der Waals surface area contributed by atoms with Crippen molar-refractivity contribution in [3.63, 3.8) is 0 Å². The molecule has 0 aliphatic carbocycles. The Morgan fingerprint density at radius 3 is 2.22 bits per heavy atom. The molecular formula is C18H16Cl2F3NO3. The lowest BCUT2D eigenvalue weighted by Crippen LogP contribution is -2.12. The molecule has 0 saturated carbocycles. The summed E-state index contributed by atoms with van der Waals surface area (Å²) in [6.45, 7) is 0.262. The fourth-order valence-electron chi connectivity index (χ4n) is 2.21. The fourth-order valence-corrected chi connectivity index (χ4v) is 2.80. The van der Waals surface area contributed by atoms with Crippen LogP contribution in [0.3, 0.4) is 0 Å². The molecule has 0 aromatic heterocycles. The van der Waals surface area contributed by atoms with Crippen molar-refractivity contribution in [1.29, 1.82) is 0 Å². The molecule has 146 valence electrons. The minimum Gasteiger partial charge on any atom is -0.508 e. The molecule has 1 amide bonds. The van der Waals surface area contributed by atoms with Crippen molar-refractivity contribution in [1.82, 2.24) is 0 Å². The van der Waals surface area contributed by atoms with Crippen molar-refractivity contribution in [2.75, 3.05) is 11.9 Å². The van der Waals surface area contributed by atoms with Gasteiger partial charge in [-0.15, -0.1) is 0 Å². The highest BCUT2D eigenvalue weighted by molar-refractivity contribution is 6.37. The monoisotopic (exact) mass is 421 g/mol. The summed E-state index contributed by atoms with van der Waals surface area (Å²) in [6, 6.07) is 6.85. The summed E-state index contributed by atoms with van der Waals surface area (Å²) < 4.78 is 42.9. The summed E-state index contributed by atoms with van der Waals surface area (Å²) in [7, 11) is 0. The minimum atomic E-state index is -4.41. The molecule has 2 aromatic carbocycles. The number of nitrogens with one attached hydrogen (secondary N) is 1. The average Bonchev–Trinajstić information content (AvgIpc) is 2.56. The van der Waals surface area contributed by atoms with Crippen molar-refractivity contribution >= 4 is 34.8 Å². The third-order valence-corrected chi connectivity index (χ3v) is 4.09. The molecule has 0 aliphatic rings. The van der Waals surface area contributed by atoms with E-state index in [1.165, 1.54) is 24.3 Å². The number of anilines is 1. The molecule has 0 unspecified atom stereocenters. The van der Waals surface area contributed by atoms with Crippen LogP contribution in [-0.2, 0) is 11.0 Å². The third kappa shape index (κ3) is 6.52. The Bertz CT molecular complexity index is 772. The van der Waals surface area contributed by atoms with Crippen LogP contribution in [0.15, 0.2) is 36.4 Å². The Morgan fingerprint density at radius 2 is 1.67 bits per heavy atom. The number of carbonyl (C=O) groups is 1. The van der Waals surface area contributed by atoms with Crippen molar-refractivity contribution < 1.29 is 27.8 Å². The Balaban J connectivity index is 1.72. The first-order chi connectivity index (χ1) is 12.7. The lowest BCUT2D eigenvalue weighted by atomic mass is 10.2. The molecule has 0 atom stereocenters. The number of halogens is 5. The molecule has 27 heavy (non-hydrogen) atoms. The van der Waals surface area contributed by atoms with E-state index in [-0.39, 0.29) is 40.5 Å². The van der Waals surface area contributed by atoms with Crippen LogP contribution in [0.25, 0.3) is 0 Å². The third-order valence-electron chi connectivity index (χ3n) is 3.52. The molecule has 0 bridgehead atoms. The van der Waals surface area contributed by atoms with Gasteiger partial charge in [-0.25, -0.2) is 0 Å². The average molecular weight is 422 g/mol. The van der Waals surface area contributed by atoms with E-state index in [1.807, 2.05) is 0 Å². The van der Waals surface area contributed by atoms with Crippen LogP contribution in [-0.4, -0.2) is 17.6 Å². The molecule has 0 fully saturated rings. The number of phenolic OH excluding ortho intramolecular Hbond substituents is 1. The van der Waals surface area contributed by atoms with Crippen molar-refractivity contribution in [2.45, 2.75) is 25.4 Å². The zero-order chi connectivity index (χ0) is 20.0. The summed E-state index contributed by atoms with van der Waals surface area (Å²) in [5.41, 5.74) is -0.476. The number of rotatable bonds is 7. The van der Waals surface area contributed by atoms with Gasteiger partial charge in [-0.05, 0) is 37.1 Å². The summed E-state index contributed by atoms with van der Waals surface area (Å²) >= 11 is 11.8. The van der Waals surface area contributed by atoms with Gasteiger partial charge in [-0.2, -0.15) is 13.2 Å². The summed E-state index contributed by atoms with van der Waals surface area (Å²) in [4.78, 5) is 11.8. The largest absolute Gasteiger partial charge is 0.508 e. The molecule has 0 aliphatic heterocycles. The van der Waals surface area contributed by atoms with Gasteiger partial charge in [0.25, 0.3) is 0 Å². The molecule has 4 nitrogen and oxygen atoms in total. The Morgan fingerprint density at radius 1 is 1.07 bits per heavy atom. The first kappa shape index (κ1) is 21.2. The van der Waals surface area contributed by atoms with E-state index in [2.05, 4.69) is 5.32 Å². The lowest BCUT2D eigenvalue weighted by molar-refractivity contribution is -0.137. The highest BCUT2D eigenvalue weighted by Crippen LogP contribution is 2.36. The maximum absolute atomic E-state index is 12.5. The molecule has 2 rings (SSSR count). The number of benzene rings is 2. The summed E-state index contributed by atoms with van der Waals surface area (Å²) in [5, 5.41) is 12.2. The molecule has 9 heteroatoms. The van der Waals surface area contributed by atoms with E-state index in [9.17, 15) is 23.1 Å². The smallest absolute Gasteiger partial charge is 0.416 e. The number of carbonyl (C=O) groups excluding carboxylic acids is 1. The molecule has 0 saturated heterocycles. The van der Waals surface area contributed by atoms with E-state index < -0.39 is 11.7 Å². The quantitative estimate of drug-likeness (QED) is 0.546. The predicted molar refractivity (Wildman–Crippen MR) is 97.5 cm³/mol. The van der Waals surface area contributed by atoms with Gasteiger partial charge in [0, 0.05) is 24.2 Å². The number of hydrogen-bond donors (Lipinski definition) is 2. The highest BCUT2D eigenvalue weighted by atomic mass is 35.5. The normalized spacial score (nSPS) is 11.3. The van der Waals surface area contributed by atoms with E-state index >= 15 is 0 Å². The number of alkyl halides is 3. The first-order valence-electron chi connectivity index (χ1n) is 7.95. The molecule has 2 N–H and O–H groups in total. The Labute approximate surface area is 163 Å². The van der Waals surface area contributed by atoms with Crippen LogP contribution in [0.4, 0.5) is 18.9 Å². The predicted octanol–water partition coefficient (Wildman–Crippen LogP) is 5.91.